The lowest BCUT2D eigenvalue weighted by atomic mass is 9.99. The molecule has 1 amide bonds. The fraction of sp³-hybridized carbons (Fsp3) is 0.462. The van der Waals surface area contributed by atoms with Crippen LogP contribution in [0.15, 0.2) is 24.3 Å². The van der Waals surface area contributed by atoms with E-state index < -0.39 is 4.92 Å². The standard InChI is InChI=1S/C13H16N2O3/c1-10(13(16)14-8-2-3-9-14)11-4-6-12(7-5-11)15(17)18/h4-7,10H,2-3,8-9H2,1H3/t10-/m1/s1. The van der Waals surface area contributed by atoms with Gasteiger partial charge in [-0.15, -0.1) is 0 Å². The predicted molar refractivity (Wildman–Crippen MR) is 67.3 cm³/mol. The first-order chi connectivity index (χ1) is 8.59. The molecule has 96 valence electrons. The van der Waals surface area contributed by atoms with Crippen molar-refractivity contribution < 1.29 is 9.72 Å². The van der Waals surface area contributed by atoms with E-state index in [1.54, 1.807) is 12.1 Å². The lowest BCUT2D eigenvalue weighted by Crippen LogP contribution is -2.31. The first-order valence-corrected chi connectivity index (χ1v) is 6.13. The molecule has 0 radical (unpaired) electrons. The molecule has 0 N–H and O–H groups in total. The van der Waals surface area contributed by atoms with Crippen molar-refractivity contribution in [1.82, 2.24) is 4.90 Å². The Kier molecular flexibility index (Phi) is 3.60. The molecule has 1 aliphatic heterocycles. The van der Waals surface area contributed by atoms with Crippen LogP contribution in [0.25, 0.3) is 0 Å². The van der Waals surface area contributed by atoms with E-state index in [0.717, 1.165) is 31.5 Å². The summed E-state index contributed by atoms with van der Waals surface area (Å²) in [5.74, 6) is -0.120. The number of rotatable bonds is 3. The van der Waals surface area contributed by atoms with Gasteiger partial charge >= 0.3 is 0 Å². The summed E-state index contributed by atoms with van der Waals surface area (Å²) in [5.41, 5.74) is 0.886. The molecule has 0 aromatic heterocycles. The molecule has 5 nitrogen and oxygen atoms in total. The molecule has 1 saturated heterocycles. The van der Waals surface area contributed by atoms with E-state index in [2.05, 4.69) is 0 Å². The number of non-ortho nitro benzene ring substituents is 1. The summed E-state index contributed by atoms with van der Waals surface area (Å²) < 4.78 is 0. The van der Waals surface area contributed by atoms with Gasteiger partial charge in [-0.1, -0.05) is 12.1 Å². The number of benzene rings is 1. The molecule has 0 saturated carbocycles. The predicted octanol–water partition coefficient (Wildman–Crippen LogP) is 2.32. The average molecular weight is 248 g/mol. The summed E-state index contributed by atoms with van der Waals surface area (Å²) in [7, 11) is 0. The van der Waals surface area contributed by atoms with Crippen LogP contribution in [0.3, 0.4) is 0 Å². The van der Waals surface area contributed by atoms with Crippen molar-refractivity contribution >= 4 is 11.6 Å². The van der Waals surface area contributed by atoms with E-state index in [9.17, 15) is 14.9 Å². The molecule has 1 fully saturated rings. The zero-order valence-electron chi connectivity index (χ0n) is 10.3. The molecule has 1 aromatic carbocycles. The quantitative estimate of drug-likeness (QED) is 0.609. The zero-order valence-corrected chi connectivity index (χ0v) is 10.3. The second kappa shape index (κ2) is 5.16. The molecule has 1 heterocycles. The number of nitro groups is 1. The fourth-order valence-corrected chi connectivity index (χ4v) is 2.24. The third kappa shape index (κ3) is 2.50. The Morgan fingerprint density at radius 2 is 1.83 bits per heavy atom. The number of carbonyl (C=O) groups excluding carboxylic acids is 1. The Labute approximate surface area is 106 Å². The molecule has 18 heavy (non-hydrogen) atoms. The summed E-state index contributed by atoms with van der Waals surface area (Å²) in [5, 5.41) is 10.6. The SMILES string of the molecule is C[C@@H](C(=O)N1CCCC1)c1ccc([N+](=O)[O-])cc1. The Bertz CT molecular complexity index is 450. The van der Waals surface area contributed by atoms with Crippen LogP contribution in [-0.2, 0) is 4.79 Å². The van der Waals surface area contributed by atoms with E-state index in [0.29, 0.717) is 0 Å². The van der Waals surface area contributed by atoms with Gasteiger partial charge < -0.3 is 4.90 Å². The third-order valence-corrected chi connectivity index (χ3v) is 3.39. The van der Waals surface area contributed by atoms with Gasteiger partial charge in [0.1, 0.15) is 0 Å². The number of hydrogen-bond donors (Lipinski definition) is 0. The average Bonchev–Trinajstić information content (AvgIpc) is 2.91. The minimum absolute atomic E-state index is 0.0552. The van der Waals surface area contributed by atoms with Gasteiger partial charge in [-0.25, -0.2) is 0 Å². The highest BCUT2D eigenvalue weighted by atomic mass is 16.6. The van der Waals surface area contributed by atoms with Gasteiger partial charge in [-0.3, -0.25) is 14.9 Å². The highest BCUT2D eigenvalue weighted by molar-refractivity contribution is 5.83. The molecular weight excluding hydrogens is 232 g/mol. The van der Waals surface area contributed by atoms with Crippen LogP contribution < -0.4 is 0 Å². The minimum atomic E-state index is -0.434. The van der Waals surface area contributed by atoms with Gasteiger partial charge in [-0.05, 0) is 25.3 Å². The summed E-state index contributed by atoms with van der Waals surface area (Å²) in [6, 6.07) is 6.22. The Balaban J connectivity index is 2.10. The molecule has 0 spiro atoms. The van der Waals surface area contributed by atoms with Crippen molar-refractivity contribution in [3.63, 3.8) is 0 Å². The smallest absolute Gasteiger partial charge is 0.269 e. The number of nitro benzene ring substituents is 1. The van der Waals surface area contributed by atoms with Gasteiger partial charge in [0.25, 0.3) is 5.69 Å². The fourth-order valence-electron chi connectivity index (χ4n) is 2.24. The van der Waals surface area contributed by atoms with Crippen molar-refractivity contribution in [2.45, 2.75) is 25.7 Å². The highest BCUT2D eigenvalue weighted by Gasteiger charge is 2.24. The van der Waals surface area contributed by atoms with Crippen LogP contribution in [-0.4, -0.2) is 28.8 Å². The van der Waals surface area contributed by atoms with Gasteiger partial charge in [0, 0.05) is 25.2 Å². The third-order valence-electron chi connectivity index (χ3n) is 3.39. The van der Waals surface area contributed by atoms with Crippen LogP contribution in [0.4, 0.5) is 5.69 Å². The van der Waals surface area contributed by atoms with Crippen molar-refractivity contribution in [3.05, 3.63) is 39.9 Å². The Morgan fingerprint density at radius 3 is 2.33 bits per heavy atom. The van der Waals surface area contributed by atoms with E-state index in [4.69, 9.17) is 0 Å². The van der Waals surface area contributed by atoms with E-state index in [1.807, 2.05) is 11.8 Å². The Hall–Kier alpha value is -1.91. The molecule has 0 unspecified atom stereocenters. The van der Waals surface area contributed by atoms with Crippen LogP contribution in [0.2, 0.25) is 0 Å². The van der Waals surface area contributed by atoms with Crippen molar-refractivity contribution in [2.75, 3.05) is 13.1 Å². The molecule has 1 atom stereocenters. The van der Waals surface area contributed by atoms with Crippen molar-refractivity contribution in [3.8, 4) is 0 Å². The number of carbonyl (C=O) groups is 1. The number of amides is 1. The maximum absolute atomic E-state index is 12.2. The maximum Gasteiger partial charge on any atom is 0.269 e. The van der Waals surface area contributed by atoms with Crippen molar-refractivity contribution in [2.24, 2.45) is 0 Å². The number of likely N-dealkylation sites (tertiary alicyclic amines) is 1. The molecule has 0 bridgehead atoms. The number of nitrogens with zero attached hydrogens (tertiary/aromatic N) is 2. The van der Waals surface area contributed by atoms with Crippen LogP contribution in [0, 0.1) is 10.1 Å². The molecule has 2 rings (SSSR count). The van der Waals surface area contributed by atoms with E-state index >= 15 is 0 Å². The van der Waals surface area contributed by atoms with Crippen molar-refractivity contribution in [1.29, 1.82) is 0 Å². The van der Waals surface area contributed by atoms with E-state index in [1.165, 1.54) is 12.1 Å². The summed E-state index contributed by atoms with van der Waals surface area (Å²) in [6.45, 7) is 3.51. The van der Waals surface area contributed by atoms with Gasteiger partial charge in [0.15, 0.2) is 0 Å². The van der Waals surface area contributed by atoms with Crippen LogP contribution >= 0.6 is 0 Å². The molecule has 1 aliphatic rings. The van der Waals surface area contributed by atoms with Crippen LogP contribution in [0.1, 0.15) is 31.2 Å². The lowest BCUT2D eigenvalue weighted by Gasteiger charge is -2.20. The topological polar surface area (TPSA) is 63.5 Å². The Morgan fingerprint density at radius 1 is 1.28 bits per heavy atom. The summed E-state index contributed by atoms with van der Waals surface area (Å²) in [4.78, 5) is 24.1. The summed E-state index contributed by atoms with van der Waals surface area (Å²) in [6.07, 6.45) is 2.14. The molecular formula is C13H16N2O3. The molecule has 5 heteroatoms. The second-order valence-electron chi connectivity index (χ2n) is 4.60. The second-order valence-corrected chi connectivity index (χ2v) is 4.60. The minimum Gasteiger partial charge on any atom is -0.342 e. The van der Waals surface area contributed by atoms with Gasteiger partial charge in [0.2, 0.25) is 5.91 Å². The molecule has 1 aromatic rings. The normalized spacial score (nSPS) is 16.6. The van der Waals surface area contributed by atoms with Gasteiger partial charge in [-0.2, -0.15) is 0 Å². The maximum atomic E-state index is 12.2. The highest BCUT2D eigenvalue weighted by Crippen LogP contribution is 2.22. The van der Waals surface area contributed by atoms with Crippen LogP contribution in [0.5, 0.6) is 0 Å². The summed E-state index contributed by atoms with van der Waals surface area (Å²) >= 11 is 0. The largest absolute Gasteiger partial charge is 0.342 e. The monoisotopic (exact) mass is 248 g/mol. The van der Waals surface area contributed by atoms with E-state index in [-0.39, 0.29) is 17.5 Å². The molecule has 0 aliphatic carbocycles. The zero-order chi connectivity index (χ0) is 13.1. The first kappa shape index (κ1) is 12.5. The number of hydrogen-bond acceptors (Lipinski definition) is 3. The lowest BCUT2D eigenvalue weighted by molar-refractivity contribution is -0.384. The first-order valence-electron chi connectivity index (χ1n) is 6.13. The van der Waals surface area contributed by atoms with Gasteiger partial charge in [0.05, 0.1) is 10.8 Å².